The molecule has 0 aromatic heterocycles. The Hall–Kier alpha value is -0.120. The summed E-state index contributed by atoms with van der Waals surface area (Å²) in [6.45, 7) is 22.1. The maximum Gasteiger partial charge on any atom is 0.0598 e. The van der Waals surface area contributed by atoms with E-state index in [0.717, 1.165) is 18.4 Å². The Balaban J connectivity index is 1.57. The standard InChI is InChI=1S/C19H38N2O/c1-18(2,3)15-21-12-17(13-21)11-20-9-7-16(8-10-20)14-22-19(4,5)6/h16-17H,7-15H2,1-6H3. The van der Waals surface area contributed by atoms with Crippen molar-refractivity contribution < 1.29 is 4.74 Å². The molecule has 0 aliphatic carbocycles. The van der Waals surface area contributed by atoms with Crippen LogP contribution >= 0.6 is 0 Å². The van der Waals surface area contributed by atoms with E-state index in [-0.39, 0.29) is 5.60 Å². The molecule has 22 heavy (non-hydrogen) atoms. The monoisotopic (exact) mass is 310 g/mol. The van der Waals surface area contributed by atoms with Gasteiger partial charge in [-0.2, -0.15) is 0 Å². The first-order valence-electron chi connectivity index (χ1n) is 9.19. The molecule has 0 bridgehead atoms. The van der Waals surface area contributed by atoms with Gasteiger partial charge in [0.1, 0.15) is 0 Å². The van der Waals surface area contributed by atoms with Crippen LogP contribution in [-0.4, -0.2) is 61.3 Å². The molecule has 0 spiro atoms. The Morgan fingerprint density at radius 1 is 0.864 bits per heavy atom. The molecular weight excluding hydrogens is 272 g/mol. The van der Waals surface area contributed by atoms with Gasteiger partial charge in [-0.25, -0.2) is 0 Å². The topological polar surface area (TPSA) is 15.7 Å². The number of hydrogen-bond donors (Lipinski definition) is 0. The van der Waals surface area contributed by atoms with E-state index in [2.05, 4.69) is 51.3 Å². The molecule has 0 atom stereocenters. The molecule has 2 heterocycles. The van der Waals surface area contributed by atoms with Crippen LogP contribution in [0, 0.1) is 17.3 Å². The van der Waals surface area contributed by atoms with Crippen molar-refractivity contribution >= 4 is 0 Å². The van der Waals surface area contributed by atoms with Gasteiger partial charge in [-0.3, -0.25) is 0 Å². The Labute approximate surface area is 138 Å². The second kappa shape index (κ2) is 7.19. The molecule has 0 amide bonds. The van der Waals surface area contributed by atoms with Gasteiger partial charge in [0.05, 0.1) is 12.2 Å². The number of nitrogens with zero attached hydrogens (tertiary/aromatic N) is 2. The molecule has 0 radical (unpaired) electrons. The summed E-state index contributed by atoms with van der Waals surface area (Å²) < 4.78 is 5.95. The third-order valence-electron chi connectivity index (χ3n) is 4.71. The van der Waals surface area contributed by atoms with E-state index < -0.39 is 0 Å². The van der Waals surface area contributed by atoms with Crippen LogP contribution in [-0.2, 0) is 4.74 Å². The van der Waals surface area contributed by atoms with E-state index in [4.69, 9.17) is 4.74 Å². The lowest BCUT2D eigenvalue weighted by atomic mass is 9.90. The van der Waals surface area contributed by atoms with Crippen molar-refractivity contribution in [3.63, 3.8) is 0 Å². The lowest BCUT2D eigenvalue weighted by molar-refractivity contribution is -0.0355. The summed E-state index contributed by atoms with van der Waals surface area (Å²) in [6, 6.07) is 0. The zero-order valence-corrected chi connectivity index (χ0v) is 15.8. The van der Waals surface area contributed by atoms with E-state index in [0.29, 0.717) is 5.41 Å². The third-order valence-corrected chi connectivity index (χ3v) is 4.71. The molecule has 2 aliphatic rings. The van der Waals surface area contributed by atoms with Crippen LogP contribution in [0.4, 0.5) is 0 Å². The van der Waals surface area contributed by atoms with Crippen LogP contribution in [0.2, 0.25) is 0 Å². The lowest BCUT2D eigenvalue weighted by Gasteiger charge is -2.45. The molecular formula is C19H38N2O. The molecule has 130 valence electrons. The van der Waals surface area contributed by atoms with Crippen LogP contribution in [0.1, 0.15) is 54.4 Å². The molecule has 2 aliphatic heterocycles. The highest BCUT2D eigenvalue weighted by molar-refractivity contribution is 4.86. The molecule has 3 heteroatoms. The highest BCUT2D eigenvalue weighted by Crippen LogP contribution is 2.25. The predicted octanol–water partition coefficient (Wildman–Crippen LogP) is 3.49. The van der Waals surface area contributed by atoms with Gasteiger partial charge in [0.2, 0.25) is 0 Å². The molecule has 0 N–H and O–H groups in total. The second-order valence-electron chi connectivity index (χ2n) is 9.79. The van der Waals surface area contributed by atoms with Crippen molar-refractivity contribution in [1.29, 1.82) is 0 Å². The van der Waals surface area contributed by atoms with Gasteiger partial charge in [-0.1, -0.05) is 20.8 Å². The van der Waals surface area contributed by atoms with Crippen molar-refractivity contribution in [1.82, 2.24) is 9.80 Å². The number of rotatable bonds is 5. The Kier molecular flexibility index (Phi) is 5.95. The predicted molar refractivity (Wildman–Crippen MR) is 94.3 cm³/mol. The first kappa shape index (κ1) is 18.2. The first-order chi connectivity index (χ1) is 10.1. The van der Waals surface area contributed by atoms with E-state index in [9.17, 15) is 0 Å². The van der Waals surface area contributed by atoms with E-state index in [1.165, 1.54) is 52.1 Å². The maximum atomic E-state index is 5.95. The fourth-order valence-electron chi connectivity index (χ4n) is 3.66. The molecule has 2 rings (SSSR count). The smallest absolute Gasteiger partial charge is 0.0598 e. The minimum Gasteiger partial charge on any atom is -0.376 e. The van der Waals surface area contributed by atoms with Crippen LogP contribution in [0.25, 0.3) is 0 Å². The fourth-order valence-corrected chi connectivity index (χ4v) is 3.66. The lowest BCUT2D eigenvalue weighted by Crippen LogP contribution is -2.54. The third kappa shape index (κ3) is 6.55. The summed E-state index contributed by atoms with van der Waals surface area (Å²) in [5.41, 5.74) is 0.454. The van der Waals surface area contributed by atoms with Crippen LogP contribution < -0.4 is 0 Å². The van der Waals surface area contributed by atoms with E-state index >= 15 is 0 Å². The van der Waals surface area contributed by atoms with Gasteiger partial charge in [-0.05, 0) is 64.0 Å². The molecule has 2 saturated heterocycles. The number of ether oxygens (including phenoxy) is 1. The SMILES string of the molecule is CC(C)(C)CN1CC(CN2CCC(COC(C)(C)C)CC2)C1. The Bertz CT molecular complexity index is 328. The van der Waals surface area contributed by atoms with Gasteiger partial charge in [-0.15, -0.1) is 0 Å². The van der Waals surface area contributed by atoms with Crippen LogP contribution in [0.15, 0.2) is 0 Å². The average Bonchev–Trinajstić information content (AvgIpc) is 2.33. The van der Waals surface area contributed by atoms with Gasteiger partial charge in [0.25, 0.3) is 0 Å². The quantitative estimate of drug-likeness (QED) is 0.773. The zero-order chi connectivity index (χ0) is 16.4. The minimum absolute atomic E-state index is 0.0135. The van der Waals surface area contributed by atoms with Crippen molar-refractivity contribution in [3.8, 4) is 0 Å². The average molecular weight is 311 g/mol. The second-order valence-corrected chi connectivity index (χ2v) is 9.79. The highest BCUT2D eigenvalue weighted by atomic mass is 16.5. The van der Waals surface area contributed by atoms with Gasteiger partial charge < -0.3 is 14.5 Å². The fraction of sp³-hybridized carbons (Fsp3) is 1.00. The summed E-state index contributed by atoms with van der Waals surface area (Å²) >= 11 is 0. The molecule has 0 saturated carbocycles. The first-order valence-corrected chi connectivity index (χ1v) is 9.19. The van der Waals surface area contributed by atoms with E-state index in [1.807, 2.05) is 0 Å². The normalized spacial score (nSPS) is 23.7. The summed E-state index contributed by atoms with van der Waals surface area (Å²) in [5, 5.41) is 0. The summed E-state index contributed by atoms with van der Waals surface area (Å²) in [5.74, 6) is 1.68. The summed E-state index contributed by atoms with van der Waals surface area (Å²) in [7, 11) is 0. The minimum atomic E-state index is 0.0135. The highest BCUT2D eigenvalue weighted by Gasteiger charge is 2.31. The molecule has 0 unspecified atom stereocenters. The van der Waals surface area contributed by atoms with Crippen molar-refractivity contribution in [3.05, 3.63) is 0 Å². The van der Waals surface area contributed by atoms with Gasteiger partial charge in [0, 0.05) is 26.2 Å². The molecule has 0 aromatic carbocycles. The molecule has 3 nitrogen and oxygen atoms in total. The van der Waals surface area contributed by atoms with E-state index in [1.54, 1.807) is 0 Å². The number of likely N-dealkylation sites (tertiary alicyclic amines) is 2. The van der Waals surface area contributed by atoms with Crippen molar-refractivity contribution in [2.75, 3.05) is 45.9 Å². The molecule has 2 fully saturated rings. The zero-order valence-electron chi connectivity index (χ0n) is 15.8. The Morgan fingerprint density at radius 3 is 1.95 bits per heavy atom. The van der Waals surface area contributed by atoms with Gasteiger partial charge >= 0.3 is 0 Å². The maximum absolute atomic E-state index is 5.95. The van der Waals surface area contributed by atoms with Crippen molar-refractivity contribution in [2.45, 2.75) is 60.0 Å². The number of hydrogen-bond acceptors (Lipinski definition) is 3. The van der Waals surface area contributed by atoms with Gasteiger partial charge in [0.15, 0.2) is 0 Å². The number of piperidine rings is 1. The molecule has 0 aromatic rings. The Morgan fingerprint density at radius 2 is 1.45 bits per heavy atom. The van der Waals surface area contributed by atoms with Crippen molar-refractivity contribution in [2.24, 2.45) is 17.3 Å². The van der Waals surface area contributed by atoms with Crippen LogP contribution in [0.5, 0.6) is 0 Å². The summed E-state index contributed by atoms with van der Waals surface area (Å²) in [4.78, 5) is 5.31. The largest absolute Gasteiger partial charge is 0.376 e. The van der Waals surface area contributed by atoms with Crippen LogP contribution in [0.3, 0.4) is 0 Å². The summed E-state index contributed by atoms with van der Waals surface area (Å²) in [6.07, 6.45) is 2.63.